The quantitative estimate of drug-likeness (QED) is 0.791. The first-order chi connectivity index (χ1) is 12.2. The van der Waals surface area contributed by atoms with Crippen LogP contribution < -0.4 is 4.90 Å². The molecule has 2 aromatic rings. The molecule has 2 aliphatic rings. The number of benzene rings is 2. The number of hydrogen-bond donors (Lipinski definition) is 0. The first-order valence-electron chi connectivity index (χ1n) is 7.95. The molecule has 25 heavy (non-hydrogen) atoms. The molecule has 2 aromatic carbocycles. The lowest BCUT2D eigenvalue weighted by atomic mass is 9.94. The van der Waals surface area contributed by atoms with Gasteiger partial charge in [-0.1, -0.05) is 24.3 Å². The summed E-state index contributed by atoms with van der Waals surface area (Å²) in [6.45, 7) is 1.34. The first kappa shape index (κ1) is 15.0. The molecule has 2 aliphatic heterocycles. The van der Waals surface area contributed by atoms with Crippen molar-refractivity contribution in [1.82, 2.24) is 4.90 Å². The van der Waals surface area contributed by atoms with Crippen LogP contribution in [-0.4, -0.2) is 24.1 Å². The number of ether oxygens (including phenoxy) is 1. The van der Waals surface area contributed by atoms with Crippen LogP contribution in [0.15, 0.2) is 42.5 Å². The van der Waals surface area contributed by atoms with Crippen molar-refractivity contribution in [2.45, 2.75) is 12.6 Å². The van der Waals surface area contributed by atoms with E-state index < -0.39 is 0 Å². The van der Waals surface area contributed by atoms with Gasteiger partial charge in [-0.05, 0) is 34.9 Å². The smallest absolute Gasteiger partial charge is 0.414 e. The second kappa shape index (κ2) is 5.85. The van der Waals surface area contributed by atoms with Crippen LogP contribution in [-0.2, 0) is 11.3 Å². The highest BCUT2D eigenvalue weighted by molar-refractivity contribution is 5.89. The summed E-state index contributed by atoms with van der Waals surface area (Å²) in [5.41, 5.74) is 3.99. The third-order valence-electron chi connectivity index (χ3n) is 4.65. The van der Waals surface area contributed by atoms with E-state index in [1.165, 1.54) is 0 Å². The average molecular weight is 330 g/mol. The first-order valence-corrected chi connectivity index (χ1v) is 7.95. The van der Waals surface area contributed by atoms with E-state index in [9.17, 15) is 15.3 Å². The Bertz CT molecular complexity index is 941. The van der Waals surface area contributed by atoms with E-state index in [1.54, 1.807) is 21.9 Å². The normalized spacial score (nSPS) is 18.5. The van der Waals surface area contributed by atoms with E-state index >= 15 is 0 Å². The number of hydrogen-bond acceptors (Lipinski definition) is 5. The molecule has 1 amide bonds. The lowest BCUT2D eigenvalue weighted by molar-refractivity contribution is 0.181. The summed E-state index contributed by atoms with van der Waals surface area (Å²) in [6.07, 6.45) is 1.84. The van der Waals surface area contributed by atoms with Gasteiger partial charge in [-0.15, -0.1) is 0 Å². The van der Waals surface area contributed by atoms with Crippen LogP contribution in [0, 0.1) is 22.8 Å². The number of carbonyl (C=O) groups is 1. The van der Waals surface area contributed by atoms with Crippen LogP contribution in [0.4, 0.5) is 10.5 Å². The Morgan fingerprint density at radius 3 is 2.68 bits per heavy atom. The van der Waals surface area contributed by atoms with Crippen LogP contribution >= 0.6 is 0 Å². The van der Waals surface area contributed by atoms with E-state index in [4.69, 9.17) is 4.74 Å². The van der Waals surface area contributed by atoms with Crippen molar-refractivity contribution < 1.29 is 9.53 Å². The lowest BCUT2D eigenvalue weighted by Gasteiger charge is -2.23. The summed E-state index contributed by atoms with van der Waals surface area (Å²) < 4.78 is 5.00. The van der Waals surface area contributed by atoms with Crippen molar-refractivity contribution in [3.8, 4) is 12.3 Å². The molecule has 0 aliphatic carbocycles. The summed E-state index contributed by atoms with van der Waals surface area (Å²) in [5.74, 6) is 0. The summed E-state index contributed by atoms with van der Waals surface area (Å²) >= 11 is 0. The van der Waals surface area contributed by atoms with E-state index in [0.717, 1.165) is 16.7 Å². The van der Waals surface area contributed by atoms with Gasteiger partial charge in [0.05, 0.1) is 30.8 Å². The Labute approximate surface area is 145 Å². The van der Waals surface area contributed by atoms with Gasteiger partial charge in [0.1, 0.15) is 6.61 Å². The molecule has 0 saturated carbocycles. The van der Waals surface area contributed by atoms with Gasteiger partial charge >= 0.3 is 6.09 Å². The number of nitriles is 2. The van der Waals surface area contributed by atoms with Crippen molar-refractivity contribution in [2.75, 3.05) is 18.1 Å². The van der Waals surface area contributed by atoms with Gasteiger partial charge in [0.2, 0.25) is 0 Å². The zero-order chi connectivity index (χ0) is 17.4. The predicted molar refractivity (Wildman–Crippen MR) is 89.3 cm³/mol. The van der Waals surface area contributed by atoms with Gasteiger partial charge < -0.3 is 4.74 Å². The number of nitrogens with zero attached hydrogens (tertiary/aromatic N) is 4. The fourth-order valence-corrected chi connectivity index (χ4v) is 3.49. The number of fused-ring (bicyclic) bond motifs is 1. The van der Waals surface area contributed by atoms with Gasteiger partial charge in [-0.25, -0.2) is 4.79 Å². The molecule has 1 fully saturated rings. The van der Waals surface area contributed by atoms with Crippen LogP contribution in [0.5, 0.6) is 0 Å². The maximum absolute atomic E-state index is 11.9. The summed E-state index contributed by atoms with van der Waals surface area (Å²) in [7, 11) is 0. The van der Waals surface area contributed by atoms with E-state index in [-0.39, 0.29) is 12.1 Å². The maximum atomic E-state index is 11.9. The number of anilines is 1. The van der Waals surface area contributed by atoms with Crippen molar-refractivity contribution in [1.29, 1.82) is 10.5 Å². The topological polar surface area (TPSA) is 80.4 Å². The van der Waals surface area contributed by atoms with Crippen LogP contribution in [0.25, 0.3) is 0 Å². The van der Waals surface area contributed by atoms with Crippen LogP contribution in [0.1, 0.15) is 28.3 Å². The fourth-order valence-electron chi connectivity index (χ4n) is 3.49. The van der Waals surface area contributed by atoms with Crippen LogP contribution in [0.2, 0.25) is 0 Å². The number of amides is 1. The fraction of sp³-hybridized carbons (Fsp3) is 0.211. The minimum Gasteiger partial charge on any atom is -0.447 e. The Balaban J connectivity index is 1.85. The molecule has 4 rings (SSSR count). The van der Waals surface area contributed by atoms with Gasteiger partial charge in [0.25, 0.3) is 0 Å². The Hall–Kier alpha value is -3.51. The summed E-state index contributed by atoms with van der Waals surface area (Å²) in [6, 6.07) is 15.0. The second-order valence-electron chi connectivity index (χ2n) is 5.98. The zero-order valence-electron chi connectivity index (χ0n) is 13.3. The Morgan fingerprint density at radius 1 is 1.12 bits per heavy atom. The molecule has 1 atom stereocenters. The maximum Gasteiger partial charge on any atom is 0.414 e. The van der Waals surface area contributed by atoms with Gasteiger partial charge in [-0.2, -0.15) is 10.5 Å². The average Bonchev–Trinajstić information content (AvgIpc) is 3.24. The van der Waals surface area contributed by atoms with Crippen molar-refractivity contribution in [2.24, 2.45) is 0 Å². The highest BCUT2D eigenvalue weighted by atomic mass is 16.6. The SMILES string of the molecule is N#Cc1ccc(N2CCOC2=O)cc1C1c2ccccc2CN1C#N. The Kier molecular flexibility index (Phi) is 3.52. The van der Waals surface area contributed by atoms with Gasteiger partial charge in [-0.3, -0.25) is 9.80 Å². The van der Waals surface area contributed by atoms with Crippen LogP contribution in [0.3, 0.4) is 0 Å². The number of cyclic esters (lactones) is 1. The molecule has 0 bridgehead atoms. The second-order valence-corrected chi connectivity index (χ2v) is 5.98. The third-order valence-corrected chi connectivity index (χ3v) is 4.65. The summed E-state index contributed by atoms with van der Waals surface area (Å²) in [4.78, 5) is 15.1. The largest absolute Gasteiger partial charge is 0.447 e. The molecule has 0 aromatic heterocycles. The molecule has 6 heteroatoms. The number of carbonyl (C=O) groups excluding carboxylic acids is 1. The number of rotatable bonds is 2. The van der Waals surface area contributed by atoms with E-state index in [1.807, 2.05) is 30.3 Å². The predicted octanol–water partition coefficient (Wildman–Crippen LogP) is 2.90. The van der Waals surface area contributed by atoms with Crippen molar-refractivity contribution in [3.05, 3.63) is 64.7 Å². The lowest BCUT2D eigenvalue weighted by Crippen LogP contribution is -2.24. The van der Waals surface area contributed by atoms with Gasteiger partial charge in [0.15, 0.2) is 6.19 Å². The molecule has 2 heterocycles. The van der Waals surface area contributed by atoms with E-state index in [0.29, 0.717) is 30.9 Å². The minimum absolute atomic E-state index is 0.325. The highest BCUT2D eigenvalue weighted by Crippen LogP contribution is 2.40. The Morgan fingerprint density at radius 2 is 1.96 bits per heavy atom. The molecule has 122 valence electrons. The molecule has 1 saturated heterocycles. The van der Waals surface area contributed by atoms with Gasteiger partial charge in [0, 0.05) is 5.69 Å². The minimum atomic E-state index is -0.389. The van der Waals surface area contributed by atoms with Crippen molar-refractivity contribution in [3.63, 3.8) is 0 Å². The zero-order valence-corrected chi connectivity index (χ0v) is 13.3. The molecule has 1 unspecified atom stereocenters. The summed E-state index contributed by atoms with van der Waals surface area (Å²) in [5, 5.41) is 19.1. The molecule has 0 N–H and O–H groups in total. The molecular weight excluding hydrogens is 316 g/mol. The molecular formula is C19H14N4O2. The molecule has 6 nitrogen and oxygen atoms in total. The molecule has 0 radical (unpaired) electrons. The standard InChI is InChI=1S/C19H14N4O2/c20-10-13-5-6-15(23-7-8-25-19(23)24)9-17(13)18-16-4-2-1-3-14(16)11-22(18)12-21/h1-6,9,18H,7-8,11H2. The van der Waals surface area contributed by atoms with Crippen molar-refractivity contribution >= 4 is 11.8 Å². The highest BCUT2D eigenvalue weighted by Gasteiger charge is 2.33. The molecule has 0 spiro atoms. The third kappa shape index (κ3) is 2.36. The monoisotopic (exact) mass is 330 g/mol. The van der Waals surface area contributed by atoms with E-state index in [2.05, 4.69) is 12.3 Å².